The predicted molar refractivity (Wildman–Crippen MR) is 45.6 cm³/mol. The quantitative estimate of drug-likeness (QED) is 0.727. The molecule has 0 aliphatic rings. The number of carbonyl (C=O) groups is 1. The summed E-state index contributed by atoms with van der Waals surface area (Å²) in [5.74, 6) is -1.29. The minimum Gasteiger partial charge on any atom is -0.478 e. The molecule has 6 nitrogen and oxygen atoms in total. The van der Waals surface area contributed by atoms with Crippen molar-refractivity contribution in [1.82, 2.24) is 0 Å². The van der Waals surface area contributed by atoms with Gasteiger partial charge in [-0.2, -0.15) is 8.42 Å². The molecule has 0 atom stereocenters. The molecule has 7 heteroatoms. The number of carboxylic acid groups (broad SMARTS) is 1. The van der Waals surface area contributed by atoms with Crippen LogP contribution in [-0.2, 0) is 10.4 Å². The third-order valence-corrected chi connectivity index (χ3v) is 1.71. The largest absolute Gasteiger partial charge is 0.478 e. The van der Waals surface area contributed by atoms with Gasteiger partial charge in [-0.05, 0) is 24.3 Å². The van der Waals surface area contributed by atoms with E-state index in [0.29, 0.717) is 0 Å². The third-order valence-electron chi connectivity index (χ3n) is 1.30. The second-order valence-corrected chi connectivity index (χ2v) is 3.36. The molecule has 2 N–H and O–H groups in total. The molecule has 0 unspecified atom stereocenters. The van der Waals surface area contributed by atoms with Crippen LogP contribution in [0.1, 0.15) is 10.4 Å². The van der Waals surface area contributed by atoms with E-state index in [1.807, 2.05) is 0 Å². The Bertz CT molecular complexity index is 432. The molecule has 0 amide bonds. The SMILES string of the molecule is O=C(O)[13c]1[13cH][13cH][13c](OS(=O)(=O)O)[13cH][13cH]1. The summed E-state index contributed by atoms with van der Waals surface area (Å²) in [5.41, 5.74) is -0.00677. The lowest BCUT2D eigenvalue weighted by atomic mass is 10.9. The van der Waals surface area contributed by atoms with Gasteiger partial charge in [-0.15, -0.1) is 0 Å². The lowest BCUT2D eigenvalue weighted by Crippen LogP contribution is -2.06. The Morgan fingerprint density at radius 2 is 1.71 bits per heavy atom. The fourth-order valence-electron chi connectivity index (χ4n) is 0.775. The minimum absolute atomic E-state index is 0.00677. The molecule has 0 heterocycles. The van der Waals surface area contributed by atoms with Crippen molar-refractivity contribution in [1.29, 1.82) is 0 Å². The van der Waals surface area contributed by atoms with E-state index in [2.05, 4.69) is 4.18 Å². The minimum atomic E-state index is -4.56. The Labute approximate surface area is 79.7 Å². The van der Waals surface area contributed by atoms with E-state index >= 15 is 0 Å². The van der Waals surface area contributed by atoms with Crippen molar-refractivity contribution in [3.63, 3.8) is 0 Å². The summed E-state index contributed by atoms with van der Waals surface area (Å²) < 4.78 is 32.8. The highest BCUT2D eigenvalue weighted by atomic mass is 32.3. The van der Waals surface area contributed by atoms with E-state index in [-0.39, 0.29) is 11.3 Å². The zero-order valence-corrected chi connectivity index (χ0v) is 7.56. The molecular formula is C7H6O6S. The number of rotatable bonds is 3. The fraction of sp³-hybridized carbons (Fsp3) is 0. The molecular weight excluding hydrogens is 218 g/mol. The summed E-state index contributed by atoms with van der Waals surface area (Å²) in [5, 5.41) is 8.50. The van der Waals surface area contributed by atoms with E-state index in [1.165, 1.54) is 0 Å². The highest BCUT2D eigenvalue weighted by Crippen LogP contribution is 2.13. The summed E-state index contributed by atoms with van der Waals surface area (Å²) in [6, 6.07) is 4.56. The lowest BCUT2D eigenvalue weighted by molar-refractivity contribution is 0.0697. The van der Waals surface area contributed by atoms with Crippen LogP contribution in [0.2, 0.25) is 0 Å². The number of hydrogen-bond acceptors (Lipinski definition) is 4. The molecule has 0 aromatic heterocycles. The van der Waals surface area contributed by atoms with Crippen molar-refractivity contribution in [2.45, 2.75) is 0 Å². The summed E-state index contributed by atoms with van der Waals surface area (Å²) in [7, 11) is -4.56. The molecule has 0 aliphatic carbocycles. The van der Waals surface area contributed by atoms with Gasteiger partial charge in [-0.1, -0.05) is 0 Å². The van der Waals surface area contributed by atoms with Crippen molar-refractivity contribution in [3.8, 4) is 5.75 Å². The van der Waals surface area contributed by atoms with Gasteiger partial charge < -0.3 is 9.29 Å². The molecule has 0 saturated carbocycles. The molecule has 0 fully saturated rings. The number of hydrogen-bond donors (Lipinski definition) is 2. The van der Waals surface area contributed by atoms with Crippen molar-refractivity contribution < 1.29 is 27.1 Å². The average molecular weight is 224 g/mol. The molecule has 0 saturated heterocycles. The van der Waals surface area contributed by atoms with E-state index in [4.69, 9.17) is 9.66 Å². The van der Waals surface area contributed by atoms with Gasteiger partial charge >= 0.3 is 16.4 Å². The van der Waals surface area contributed by atoms with Crippen molar-refractivity contribution in [2.24, 2.45) is 0 Å². The molecule has 1 rings (SSSR count). The zero-order valence-electron chi connectivity index (χ0n) is 6.75. The molecule has 14 heavy (non-hydrogen) atoms. The van der Waals surface area contributed by atoms with E-state index in [1.54, 1.807) is 0 Å². The summed E-state index contributed by atoms with van der Waals surface area (Å²) >= 11 is 0. The third kappa shape index (κ3) is 3.04. The van der Waals surface area contributed by atoms with Crippen LogP contribution >= 0.6 is 0 Å². The van der Waals surface area contributed by atoms with Crippen LogP contribution in [0.5, 0.6) is 5.75 Å². The molecule has 1 aromatic rings. The normalized spacial score (nSPS) is 10.9. The zero-order chi connectivity index (χ0) is 10.8. The lowest BCUT2D eigenvalue weighted by Gasteiger charge is -2.00. The maximum Gasteiger partial charge on any atom is 0.446 e. The van der Waals surface area contributed by atoms with Crippen molar-refractivity contribution in [2.75, 3.05) is 0 Å². The van der Waals surface area contributed by atoms with Gasteiger partial charge in [0.25, 0.3) is 0 Å². The van der Waals surface area contributed by atoms with Crippen LogP contribution < -0.4 is 4.18 Å². The van der Waals surface area contributed by atoms with Gasteiger partial charge in [0, 0.05) is 0 Å². The van der Waals surface area contributed by atoms with Crippen LogP contribution in [0.15, 0.2) is 24.3 Å². The monoisotopic (exact) mass is 224 g/mol. The summed E-state index contributed by atoms with van der Waals surface area (Å²) in [4.78, 5) is 10.4. The van der Waals surface area contributed by atoms with Crippen LogP contribution in [0.3, 0.4) is 0 Å². The fourth-order valence-corrected chi connectivity index (χ4v) is 1.13. The first kappa shape index (κ1) is 10.5. The molecule has 0 bridgehead atoms. The predicted octanol–water partition coefficient (Wildman–Crippen LogP) is 0.566. The second kappa shape index (κ2) is 3.64. The van der Waals surface area contributed by atoms with Gasteiger partial charge in [0.2, 0.25) is 0 Å². The maximum absolute atomic E-state index is 10.4. The number of carboxylic acids is 1. The average Bonchev–Trinajstić information content (AvgIpc) is 2.02. The first-order chi connectivity index (χ1) is 6.38. The summed E-state index contributed by atoms with van der Waals surface area (Å²) in [6.07, 6.45) is 0. The van der Waals surface area contributed by atoms with Gasteiger partial charge in [-0.3, -0.25) is 4.55 Å². The Morgan fingerprint density at radius 3 is 2.07 bits per heavy atom. The number of aromatic carboxylic acids is 1. The first-order valence-electron chi connectivity index (χ1n) is 3.39. The smallest absolute Gasteiger partial charge is 0.446 e. The van der Waals surface area contributed by atoms with Crippen molar-refractivity contribution in [3.05, 3.63) is 29.8 Å². The Kier molecular flexibility index (Phi) is 2.73. The van der Waals surface area contributed by atoms with E-state index in [0.717, 1.165) is 24.3 Å². The van der Waals surface area contributed by atoms with Gasteiger partial charge in [0.1, 0.15) is 5.75 Å². The Morgan fingerprint density at radius 1 is 1.21 bits per heavy atom. The topological polar surface area (TPSA) is 101 Å². The van der Waals surface area contributed by atoms with E-state index < -0.39 is 16.4 Å². The standard InChI is InChI=1S/C7H6O6S/c8-7(9)5-1-3-6(4-2-5)13-14(10,11)12/h1-4H,(H,8,9)(H,10,11,12)/i1+1,2+1,3+1,4+1,5+1,6+1. The second-order valence-electron chi connectivity index (χ2n) is 2.34. The van der Waals surface area contributed by atoms with Crippen LogP contribution in [0.25, 0.3) is 0 Å². The van der Waals surface area contributed by atoms with Gasteiger partial charge in [-0.25, -0.2) is 4.79 Å². The first-order valence-corrected chi connectivity index (χ1v) is 4.75. The van der Waals surface area contributed by atoms with Gasteiger partial charge in [0.05, 0.1) is 5.56 Å². The molecule has 0 aliphatic heterocycles. The summed E-state index contributed by atoms with van der Waals surface area (Å²) in [6.45, 7) is 0. The van der Waals surface area contributed by atoms with Crippen LogP contribution in [0, 0.1) is 0 Å². The van der Waals surface area contributed by atoms with Gasteiger partial charge in [0.15, 0.2) is 0 Å². The van der Waals surface area contributed by atoms with E-state index in [9.17, 15) is 13.2 Å². The molecule has 1 aromatic carbocycles. The maximum atomic E-state index is 10.4. The highest BCUT2D eigenvalue weighted by molar-refractivity contribution is 7.81. The molecule has 0 radical (unpaired) electrons. The molecule has 76 valence electrons. The number of benzene rings is 1. The Hall–Kier alpha value is -1.60. The van der Waals surface area contributed by atoms with Crippen molar-refractivity contribution >= 4 is 16.4 Å². The van der Waals surface area contributed by atoms with Crippen LogP contribution in [0.4, 0.5) is 0 Å². The highest BCUT2D eigenvalue weighted by Gasteiger charge is 2.07. The Balaban J connectivity index is 2.90. The molecule has 0 spiro atoms. The van der Waals surface area contributed by atoms with Crippen LogP contribution in [-0.4, -0.2) is 24.0 Å².